The lowest BCUT2D eigenvalue weighted by molar-refractivity contribution is -0.122. The Morgan fingerprint density at radius 2 is 2.08 bits per heavy atom. The zero-order valence-electron chi connectivity index (χ0n) is 14.3. The molecular formula is C21H21FN2O. The topological polar surface area (TPSA) is 66.9 Å². The summed E-state index contributed by atoms with van der Waals surface area (Å²) in [5.41, 5.74) is 9.10. The van der Waals surface area contributed by atoms with Gasteiger partial charge in [0.15, 0.2) is 0 Å². The number of nitrogens with two attached hydrogens (primary N) is 1. The van der Waals surface area contributed by atoms with Crippen molar-refractivity contribution in [2.24, 2.45) is 5.73 Å². The Morgan fingerprint density at radius 1 is 1.28 bits per heavy atom. The molecule has 1 atom stereocenters. The average Bonchev–Trinajstić information content (AvgIpc) is 2.89. The van der Waals surface area contributed by atoms with Crippen LogP contribution in [0.5, 0.6) is 0 Å². The molecule has 0 spiro atoms. The predicted molar refractivity (Wildman–Crippen MR) is 95.3 cm³/mol. The van der Waals surface area contributed by atoms with E-state index in [2.05, 4.69) is 19.1 Å². The van der Waals surface area contributed by atoms with Gasteiger partial charge in [0, 0.05) is 6.42 Å². The Balaban J connectivity index is 2.31. The maximum atomic E-state index is 14.0. The molecule has 4 heteroatoms. The molecule has 0 radical (unpaired) electrons. The van der Waals surface area contributed by atoms with E-state index >= 15 is 0 Å². The number of carbonyl (C=O) groups excluding carboxylic acids is 1. The number of hydrogen-bond acceptors (Lipinski definition) is 2. The first-order chi connectivity index (χ1) is 12.1. The summed E-state index contributed by atoms with van der Waals surface area (Å²) >= 11 is 0. The highest BCUT2D eigenvalue weighted by atomic mass is 19.1. The Bertz CT molecular complexity index is 869. The van der Waals surface area contributed by atoms with Gasteiger partial charge in [0.1, 0.15) is 11.2 Å². The number of nitrogens with zero attached hydrogens (tertiary/aromatic N) is 1. The van der Waals surface area contributed by atoms with Crippen LogP contribution < -0.4 is 5.73 Å². The summed E-state index contributed by atoms with van der Waals surface area (Å²) in [5, 5.41) is 9.07. The van der Waals surface area contributed by atoms with Gasteiger partial charge in [-0.05, 0) is 59.2 Å². The van der Waals surface area contributed by atoms with E-state index in [1.54, 1.807) is 6.07 Å². The summed E-state index contributed by atoms with van der Waals surface area (Å²) in [7, 11) is 0. The van der Waals surface area contributed by atoms with Crippen molar-refractivity contribution in [2.45, 2.75) is 44.4 Å². The molecular weight excluding hydrogens is 315 g/mol. The number of nitriles is 1. The van der Waals surface area contributed by atoms with Crippen LogP contribution in [0.25, 0.3) is 11.1 Å². The third kappa shape index (κ3) is 2.60. The number of amides is 1. The molecule has 1 amide bonds. The Hall–Kier alpha value is -2.67. The van der Waals surface area contributed by atoms with Crippen LogP contribution in [0.4, 0.5) is 4.39 Å². The Kier molecular flexibility index (Phi) is 4.59. The summed E-state index contributed by atoms with van der Waals surface area (Å²) in [6, 6.07) is 12.5. The smallest absolute Gasteiger partial charge is 0.232 e. The van der Waals surface area contributed by atoms with Crippen LogP contribution in [-0.2, 0) is 16.6 Å². The molecule has 0 fully saturated rings. The highest BCUT2D eigenvalue weighted by Crippen LogP contribution is 2.52. The molecule has 0 aliphatic heterocycles. The monoisotopic (exact) mass is 336 g/mol. The summed E-state index contributed by atoms with van der Waals surface area (Å²) in [4.78, 5) is 12.6. The van der Waals surface area contributed by atoms with Crippen LogP contribution >= 0.6 is 0 Å². The van der Waals surface area contributed by atoms with Crippen LogP contribution in [0.15, 0.2) is 36.4 Å². The van der Waals surface area contributed by atoms with Crippen molar-refractivity contribution in [3.63, 3.8) is 0 Å². The van der Waals surface area contributed by atoms with Crippen LogP contribution in [0.1, 0.15) is 49.3 Å². The second-order valence-corrected chi connectivity index (χ2v) is 6.56. The Morgan fingerprint density at radius 3 is 2.76 bits per heavy atom. The van der Waals surface area contributed by atoms with Gasteiger partial charge in [0.2, 0.25) is 5.91 Å². The highest BCUT2D eigenvalue weighted by molar-refractivity contribution is 6.00. The number of fused-ring (bicyclic) bond motifs is 3. The molecule has 0 saturated carbocycles. The van der Waals surface area contributed by atoms with Crippen LogP contribution in [0, 0.1) is 17.1 Å². The molecule has 0 saturated heterocycles. The zero-order valence-corrected chi connectivity index (χ0v) is 14.3. The van der Waals surface area contributed by atoms with Gasteiger partial charge >= 0.3 is 0 Å². The minimum absolute atomic E-state index is 0.178. The van der Waals surface area contributed by atoms with Gasteiger partial charge in [-0.25, -0.2) is 4.39 Å². The number of rotatable bonds is 6. The van der Waals surface area contributed by atoms with Crippen molar-refractivity contribution in [1.29, 1.82) is 5.26 Å². The molecule has 2 aromatic carbocycles. The number of primary amides is 1. The van der Waals surface area contributed by atoms with E-state index in [9.17, 15) is 9.18 Å². The van der Waals surface area contributed by atoms with Crippen LogP contribution in [0.2, 0.25) is 0 Å². The van der Waals surface area contributed by atoms with Crippen molar-refractivity contribution < 1.29 is 9.18 Å². The number of halogens is 1. The van der Waals surface area contributed by atoms with Crippen molar-refractivity contribution >= 4 is 5.91 Å². The molecule has 128 valence electrons. The largest absolute Gasteiger partial charge is 0.369 e. The van der Waals surface area contributed by atoms with E-state index in [4.69, 9.17) is 11.0 Å². The van der Waals surface area contributed by atoms with Crippen molar-refractivity contribution in [3.8, 4) is 17.2 Å². The fraction of sp³-hybridized carbons (Fsp3) is 0.333. The fourth-order valence-electron chi connectivity index (χ4n) is 3.98. The second kappa shape index (κ2) is 6.68. The molecule has 2 N–H and O–H groups in total. The van der Waals surface area contributed by atoms with Gasteiger partial charge in [0.25, 0.3) is 0 Å². The summed E-state index contributed by atoms with van der Waals surface area (Å²) in [5.74, 6) is -0.926. The Labute approximate surface area is 147 Å². The lowest BCUT2D eigenvalue weighted by atomic mass is 9.73. The minimum Gasteiger partial charge on any atom is -0.369 e. The normalized spacial score (nSPS) is 17.6. The first-order valence-corrected chi connectivity index (χ1v) is 8.66. The maximum absolute atomic E-state index is 14.0. The molecule has 25 heavy (non-hydrogen) atoms. The van der Waals surface area contributed by atoms with Gasteiger partial charge in [-0.1, -0.05) is 37.6 Å². The molecule has 0 aromatic heterocycles. The number of hydrogen-bond donors (Lipinski definition) is 1. The quantitative estimate of drug-likeness (QED) is 0.858. The van der Waals surface area contributed by atoms with E-state index < -0.39 is 17.1 Å². The molecule has 3 rings (SSSR count). The molecule has 1 aliphatic rings. The number of unbranched alkanes of at least 4 members (excludes halogenated alkanes) is 1. The van der Waals surface area contributed by atoms with Gasteiger partial charge < -0.3 is 5.73 Å². The van der Waals surface area contributed by atoms with E-state index in [1.165, 1.54) is 12.1 Å². The standard InChI is InChI=1S/C21H21FN2O/c1-2-3-6-14-7-4-8-17-19(14)16-10-9-15(22)13-18(16)21(17,20(24)25)11-5-12-23/h4,7-10,13H,2-3,5-6,11H2,1H3,(H2,24,25). The van der Waals surface area contributed by atoms with E-state index in [0.29, 0.717) is 5.56 Å². The molecule has 1 unspecified atom stereocenters. The van der Waals surface area contributed by atoms with Crippen LogP contribution in [0.3, 0.4) is 0 Å². The molecule has 0 heterocycles. The zero-order chi connectivity index (χ0) is 18.0. The van der Waals surface area contributed by atoms with E-state index in [1.807, 2.05) is 12.1 Å². The van der Waals surface area contributed by atoms with Crippen molar-refractivity contribution in [2.75, 3.05) is 0 Å². The third-order valence-electron chi connectivity index (χ3n) is 5.15. The van der Waals surface area contributed by atoms with Crippen molar-refractivity contribution in [3.05, 3.63) is 58.9 Å². The maximum Gasteiger partial charge on any atom is 0.232 e. The first-order valence-electron chi connectivity index (χ1n) is 8.66. The number of aryl methyl sites for hydroxylation is 1. The third-order valence-corrected chi connectivity index (χ3v) is 5.15. The van der Waals surface area contributed by atoms with Gasteiger partial charge in [-0.3, -0.25) is 4.79 Å². The van der Waals surface area contributed by atoms with Crippen molar-refractivity contribution in [1.82, 2.24) is 0 Å². The lowest BCUT2D eigenvalue weighted by Crippen LogP contribution is -2.40. The fourth-order valence-corrected chi connectivity index (χ4v) is 3.98. The summed E-state index contributed by atoms with van der Waals surface area (Å²) < 4.78 is 14.0. The SMILES string of the molecule is CCCCc1cccc2c1-c1ccc(F)cc1C2(CCC#N)C(N)=O. The average molecular weight is 336 g/mol. The molecule has 0 bridgehead atoms. The lowest BCUT2D eigenvalue weighted by Gasteiger charge is -2.28. The highest BCUT2D eigenvalue weighted by Gasteiger charge is 2.48. The van der Waals surface area contributed by atoms with Crippen LogP contribution in [-0.4, -0.2) is 5.91 Å². The number of carbonyl (C=O) groups is 1. The molecule has 1 aliphatic carbocycles. The minimum atomic E-state index is -1.13. The van der Waals surface area contributed by atoms with Gasteiger partial charge in [-0.15, -0.1) is 0 Å². The predicted octanol–water partition coefficient (Wildman–Crippen LogP) is 4.22. The van der Waals surface area contributed by atoms with Gasteiger partial charge in [-0.2, -0.15) is 5.26 Å². The summed E-state index contributed by atoms with van der Waals surface area (Å²) in [6.07, 6.45) is 3.44. The summed E-state index contributed by atoms with van der Waals surface area (Å²) in [6.45, 7) is 2.13. The molecule has 2 aromatic rings. The van der Waals surface area contributed by atoms with E-state index in [0.717, 1.165) is 41.5 Å². The first kappa shape index (κ1) is 17.2. The van der Waals surface area contributed by atoms with Gasteiger partial charge in [0.05, 0.1) is 6.07 Å². The molecule has 3 nitrogen and oxygen atoms in total. The second-order valence-electron chi connectivity index (χ2n) is 6.56. The van der Waals surface area contributed by atoms with E-state index in [-0.39, 0.29) is 12.8 Å². The number of benzene rings is 2.